The number of hydrogen-bond acceptors (Lipinski definition) is 2. The molecule has 2 aromatic rings. The fraction of sp³-hybridized carbons (Fsp3) is 0.0833. The van der Waals surface area contributed by atoms with Gasteiger partial charge in [-0.15, -0.1) is 11.3 Å². The van der Waals surface area contributed by atoms with Crippen LogP contribution in [0.5, 0.6) is 0 Å². The van der Waals surface area contributed by atoms with E-state index in [9.17, 15) is 4.79 Å². The molecule has 0 saturated heterocycles. The molecular weight excluding hydrogens is 343 g/mol. The van der Waals surface area contributed by atoms with Crippen molar-refractivity contribution in [3.05, 3.63) is 54.1 Å². The summed E-state index contributed by atoms with van der Waals surface area (Å²) in [6.45, 7) is 1.88. The number of benzene rings is 1. The van der Waals surface area contributed by atoms with Crippen LogP contribution in [-0.2, 0) is 0 Å². The smallest absolute Gasteiger partial charge is 0.203 e. The van der Waals surface area contributed by atoms with Crippen LogP contribution in [0.1, 0.15) is 20.8 Å². The maximum absolute atomic E-state index is 12.2. The van der Waals surface area contributed by atoms with Crippen molar-refractivity contribution in [2.24, 2.45) is 0 Å². The SMILES string of the molecule is Cc1cc(C(=O)c2cc(Cl)cc(Br)c2)sc1Cl. The summed E-state index contributed by atoms with van der Waals surface area (Å²) in [4.78, 5) is 12.8. The summed E-state index contributed by atoms with van der Waals surface area (Å²) in [5.41, 5.74) is 1.48. The molecule has 5 heteroatoms. The van der Waals surface area contributed by atoms with Crippen LogP contribution in [0.15, 0.2) is 28.7 Å². The van der Waals surface area contributed by atoms with Gasteiger partial charge >= 0.3 is 0 Å². The van der Waals surface area contributed by atoms with Crippen LogP contribution in [0.4, 0.5) is 0 Å². The molecule has 0 fully saturated rings. The quantitative estimate of drug-likeness (QED) is 0.667. The molecule has 2 rings (SSSR count). The molecule has 1 heterocycles. The Labute approximate surface area is 121 Å². The van der Waals surface area contributed by atoms with Gasteiger partial charge in [-0.05, 0) is 36.8 Å². The first-order chi connectivity index (χ1) is 7.97. The van der Waals surface area contributed by atoms with E-state index in [4.69, 9.17) is 23.2 Å². The van der Waals surface area contributed by atoms with Crippen LogP contribution in [0.3, 0.4) is 0 Å². The third-order valence-corrected chi connectivity index (χ3v) is 4.44. The molecule has 88 valence electrons. The van der Waals surface area contributed by atoms with Gasteiger partial charge in [0.2, 0.25) is 5.78 Å². The Kier molecular flexibility index (Phi) is 3.93. The van der Waals surface area contributed by atoms with E-state index < -0.39 is 0 Å². The second kappa shape index (κ2) is 5.11. The van der Waals surface area contributed by atoms with E-state index in [2.05, 4.69) is 15.9 Å². The standard InChI is InChI=1S/C12H7BrCl2OS/c1-6-2-10(17-12(6)15)11(16)7-3-8(13)5-9(14)4-7/h2-5H,1H3. The lowest BCUT2D eigenvalue weighted by Crippen LogP contribution is -1.98. The summed E-state index contributed by atoms with van der Waals surface area (Å²) in [6, 6.07) is 6.93. The molecular formula is C12H7BrCl2OS. The van der Waals surface area contributed by atoms with Crippen LogP contribution in [0, 0.1) is 6.92 Å². The van der Waals surface area contributed by atoms with Gasteiger partial charge in [0.25, 0.3) is 0 Å². The maximum Gasteiger partial charge on any atom is 0.203 e. The van der Waals surface area contributed by atoms with Crippen LogP contribution in [0.25, 0.3) is 0 Å². The number of carbonyl (C=O) groups is 1. The van der Waals surface area contributed by atoms with E-state index in [-0.39, 0.29) is 5.78 Å². The monoisotopic (exact) mass is 348 g/mol. The first-order valence-corrected chi connectivity index (χ1v) is 7.10. The normalized spacial score (nSPS) is 10.6. The van der Waals surface area contributed by atoms with Gasteiger partial charge in [0, 0.05) is 15.1 Å². The van der Waals surface area contributed by atoms with Crippen molar-refractivity contribution in [2.75, 3.05) is 0 Å². The Morgan fingerprint density at radius 2 is 1.94 bits per heavy atom. The molecule has 0 aliphatic carbocycles. The summed E-state index contributed by atoms with van der Waals surface area (Å²) in [5.74, 6) is -0.0619. The predicted octanol–water partition coefficient (Wildman–Crippen LogP) is 5.36. The topological polar surface area (TPSA) is 17.1 Å². The first kappa shape index (κ1) is 13.1. The van der Waals surface area contributed by atoms with E-state index in [1.54, 1.807) is 24.3 Å². The molecule has 0 bridgehead atoms. The third kappa shape index (κ3) is 2.91. The number of carbonyl (C=O) groups excluding carboxylic acids is 1. The molecule has 0 saturated carbocycles. The molecule has 1 nitrogen and oxygen atoms in total. The number of hydrogen-bond donors (Lipinski definition) is 0. The van der Waals surface area contributed by atoms with E-state index in [1.807, 2.05) is 6.92 Å². The van der Waals surface area contributed by atoms with Crippen LogP contribution in [-0.4, -0.2) is 5.78 Å². The predicted molar refractivity (Wildman–Crippen MR) is 76.7 cm³/mol. The zero-order chi connectivity index (χ0) is 12.6. The minimum absolute atomic E-state index is 0.0619. The van der Waals surface area contributed by atoms with Crippen LogP contribution < -0.4 is 0 Å². The Hall–Kier alpha value is -0.350. The van der Waals surface area contributed by atoms with E-state index in [0.29, 0.717) is 19.8 Å². The van der Waals surface area contributed by atoms with Crippen LogP contribution >= 0.6 is 50.5 Å². The summed E-state index contributed by atoms with van der Waals surface area (Å²) in [5, 5.41) is 0.530. The van der Waals surface area contributed by atoms with Crippen molar-refractivity contribution in [2.45, 2.75) is 6.92 Å². The molecule has 0 atom stereocenters. The average Bonchev–Trinajstić information content (AvgIpc) is 2.57. The molecule has 0 aliphatic rings. The number of rotatable bonds is 2. The lowest BCUT2D eigenvalue weighted by atomic mass is 10.1. The van der Waals surface area contributed by atoms with Gasteiger partial charge in [-0.2, -0.15) is 0 Å². The van der Waals surface area contributed by atoms with Crippen molar-refractivity contribution in [1.29, 1.82) is 0 Å². The van der Waals surface area contributed by atoms with Gasteiger partial charge in [0.15, 0.2) is 0 Å². The van der Waals surface area contributed by atoms with Crippen molar-refractivity contribution < 1.29 is 4.79 Å². The molecule has 1 aromatic carbocycles. The zero-order valence-electron chi connectivity index (χ0n) is 8.76. The molecule has 1 aromatic heterocycles. The van der Waals surface area contributed by atoms with Crippen molar-refractivity contribution in [3.63, 3.8) is 0 Å². The molecule has 0 aliphatic heterocycles. The minimum Gasteiger partial charge on any atom is -0.288 e. The second-order valence-corrected chi connectivity index (χ2v) is 6.56. The average molecular weight is 350 g/mol. The van der Waals surface area contributed by atoms with Gasteiger partial charge in [-0.25, -0.2) is 0 Å². The van der Waals surface area contributed by atoms with Crippen molar-refractivity contribution in [3.8, 4) is 0 Å². The fourth-order valence-electron chi connectivity index (χ4n) is 1.40. The number of aryl methyl sites for hydroxylation is 1. The molecule has 0 radical (unpaired) electrons. The summed E-state index contributed by atoms with van der Waals surface area (Å²) >= 11 is 16.5. The molecule has 0 spiro atoms. The highest BCUT2D eigenvalue weighted by atomic mass is 79.9. The molecule has 0 N–H and O–H groups in total. The van der Waals surface area contributed by atoms with Gasteiger partial charge in [0.1, 0.15) is 0 Å². The Morgan fingerprint density at radius 1 is 1.24 bits per heavy atom. The summed E-state index contributed by atoms with van der Waals surface area (Å²) in [6.07, 6.45) is 0. The zero-order valence-corrected chi connectivity index (χ0v) is 12.7. The highest BCUT2D eigenvalue weighted by Crippen LogP contribution is 2.29. The Morgan fingerprint density at radius 3 is 2.47 bits per heavy atom. The largest absolute Gasteiger partial charge is 0.288 e. The van der Waals surface area contributed by atoms with Crippen molar-refractivity contribution >= 4 is 56.3 Å². The second-order valence-electron chi connectivity index (χ2n) is 3.55. The first-order valence-electron chi connectivity index (χ1n) is 4.74. The highest BCUT2D eigenvalue weighted by Gasteiger charge is 2.14. The van der Waals surface area contributed by atoms with Crippen molar-refractivity contribution in [1.82, 2.24) is 0 Å². The minimum atomic E-state index is -0.0619. The maximum atomic E-state index is 12.2. The molecule has 0 unspecified atom stereocenters. The van der Waals surface area contributed by atoms with Gasteiger partial charge in [-0.3, -0.25) is 4.79 Å². The fourth-order valence-corrected chi connectivity index (χ4v) is 3.42. The number of halogens is 3. The van der Waals surface area contributed by atoms with E-state index in [1.165, 1.54) is 11.3 Å². The number of ketones is 1. The summed E-state index contributed by atoms with van der Waals surface area (Å²) in [7, 11) is 0. The highest BCUT2D eigenvalue weighted by molar-refractivity contribution is 9.10. The van der Waals surface area contributed by atoms with E-state index >= 15 is 0 Å². The third-order valence-electron chi connectivity index (χ3n) is 2.21. The Bertz CT molecular complexity index is 552. The number of thiophene rings is 1. The lowest BCUT2D eigenvalue weighted by Gasteiger charge is -2.00. The van der Waals surface area contributed by atoms with Gasteiger partial charge in [-0.1, -0.05) is 39.1 Å². The van der Waals surface area contributed by atoms with Crippen LogP contribution in [0.2, 0.25) is 9.36 Å². The lowest BCUT2D eigenvalue weighted by molar-refractivity contribution is 0.104. The van der Waals surface area contributed by atoms with Gasteiger partial charge in [0.05, 0.1) is 9.21 Å². The summed E-state index contributed by atoms with van der Waals surface area (Å²) < 4.78 is 1.43. The molecule has 0 amide bonds. The van der Waals surface area contributed by atoms with Gasteiger partial charge < -0.3 is 0 Å². The van der Waals surface area contributed by atoms with E-state index in [0.717, 1.165) is 10.0 Å². The molecule has 17 heavy (non-hydrogen) atoms. The Balaban J connectivity index is 2.43.